The zero-order valence-electron chi connectivity index (χ0n) is 10.7. The summed E-state index contributed by atoms with van der Waals surface area (Å²) in [4.78, 5) is 12.1. The van der Waals surface area contributed by atoms with Gasteiger partial charge in [-0.15, -0.1) is 0 Å². The van der Waals surface area contributed by atoms with Gasteiger partial charge in [0.15, 0.2) is 0 Å². The van der Waals surface area contributed by atoms with Crippen molar-refractivity contribution >= 4 is 23.2 Å². The molecular formula is C15H14ClNO2. The van der Waals surface area contributed by atoms with Gasteiger partial charge in [-0.3, -0.25) is 4.79 Å². The van der Waals surface area contributed by atoms with E-state index in [-0.39, 0.29) is 11.7 Å². The highest BCUT2D eigenvalue weighted by Crippen LogP contribution is 2.26. The van der Waals surface area contributed by atoms with Crippen molar-refractivity contribution in [2.75, 3.05) is 5.32 Å². The molecule has 0 fully saturated rings. The summed E-state index contributed by atoms with van der Waals surface area (Å²) in [5.74, 6) is -0.0224. The van der Waals surface area contributed by atoms with Crippen molar-refractivity contribution in [3.8, 4) is 5.75 Å². The van der Waals surface area contributed by atoms with Crippen molar-refractivity contribution in [1.29, 1.82) is 0 Å². The van der Waals surface area contributed by atoms with E-state index >= 15 is 0 Å². The third-order valence-electron chi connectivity index (χ3n) is 2.87. The second kappa shape index (κ2) is 5.33. The molecule has 98 valence electrons. The molecule has 0 saturated carbocycles. The Bertz CT molecular complexity index is 615. The number of phenols is 1. The van der Waals surface area contributed by atoms with Gasteiger partial charge in [-0.2, -0.15) is 0 Å². The number of nitrogens with one attached hydrogen (secondary N) is 1. The molecule has 0 radical (unpaired) electrons. The van der Waals surface area contributed by atoms with Gasteiger partial charge in [-0.1, -0.05) is 23.7 Å². The van der Waals surface area contributed by atoms with Crippen LogP contribution in [0.25, 0.3) is 0 Å². The van der Waals surface area contributed by atoms with Gasteiger partial charge in [0.2, 0.25) is 0 Å². The van der Waals surface area contributed by atoms with Crippen LogP contribution >= 0.6 is 11.6 Å². The molecular weight excluding hydrogens is 262 g/mol. The van der Waals surface area contributed by atoms with Gasteiger partial charge in [0.05, 0.1) is 10.6 Å². The quantitative estimate of drug-likeness (QED) is 0.816. The topological polar surface area (TPSA) is 49.3 Å². The number of hydrogen-bond acceptors (Lipinski definition) is 2. The fourth-order valence-corrected chi connectivity index (χ4v) is 2.09. The lowest BCUT2D eigenvalue weighted by atomic mass is 10.1. The molecule has 0 bridgehead atoms. The Balaban J connectivity index is 2.27. The molecule has 0 aliphatic rings. The molecule has 3 nitrogen and oxygen atoms in total. The third kappa shape index (κ3) is 2.88. The molecule has 19 heavy (non-hydrogen) atoms. The Labute approximate surface area is 116 Å². The monoisotopic (exact) mass is 275 g/mol. The number of amides is 1. The summed E-state index contributed by atoms with van der Waals surface area (Å²) in [6.45, 7) is 3.57. The molecule has 2 N–H and O–H groups in total. The van der Waals surface area contributed by atoms with E-state index in [0.717, 1.165) is 11.1 Å². The number of halogens is 1. The van der Waals surface area contributed by atoms with Crippen LogP contribution in [0.5, 0.6) is 5.75 Å². The van der Waals surface area contributed by atoms with E-state index in [0.29, 0.717) is 16.3 Å². The number of carbonyl (C=O) groups excluding carboxylic acids is 1. The average molecular weight is 276 g/mol. The van der Waals surface area contributed by atoms with E-state index in [1.54, 1.807) is 50.2 Å². The molecule has 1 amide bonds. The Kier molecular flexibility index (Phi) is 3.76. The van der Waals surface area contributed by atoms with Gasteiger partial charge in [-0.05, 0) is 49.2 Å². The van der Waals surface area contributed by atoms with Gasteiger partial charge in [-0.25, -0.2) is 0 Å². The van der Waals surface area contributed by atoms with Crippen LogP contribution < -0.4 is 5.32 Å². The van der Waals surface area contributed by atoms with Crippen LogP contribution in [0.4, 0.5) is 5.69 Å². The standard InChI is InChI=1S/C15H14ClNO2/c1-9-7-11(8-10(2)14(9)18)17-15(19)12-5-3-4-6-13(12)16/h3-8,18H,1-2H3,(H,17,19). The summed E-state index contributed by atoms with van der Waals surface area (Å²) in [6.07, 6.45) is 0. The molecule has 2 aromatic rings. The van der Waals surface area contributed by atoms with Crippen molar-refractivity contribution in [2.45, 2.75) is 13.8 Å². The lowest BCUT2D eigenvalue weighted by Crippen LogP contribution is -2.12. The molecule has 0 aromatic heterocycles. The SMILES string of the molecule is Cc1cc(NC(=O)c2ccccc2Cl)cc(C)c1O. The number of benzene rings is 2. The number of carbonyl (C=O) groups is 1. The molecule has 0 aliphatic heterocycles. The number of anilines is 1. The molecule has 4 heteroatoms. The minimum atomic E-state index is -0.268. The highest BCUT2D eigenvalue weighted by molar-refractivity contribution is 6.34. The molecule has 2 rings (SSSR count). The second-order valence-electron chi connectivity index (χ2n) is 4.39. The predicted octanol–water partition coefficient (Wildman–Crippen LogP) is 3.91. The van der Waals surface area contributed by atoms with E-state index in [2.05, 4.69) is 5.32 Å². The van der Waals surface area contributed by atoms with Crippen LogP contribution in [0.3, 0.4) is 0 Å². The fraction of sp³-hybridized carbons (Fsp3) is 0.133. The predicted molar refractivity (Wildman–Crippen MR) is 77.0 cm³/mol. The smallest absolute Gasteiger partial charge is 0.257 e. The lowest BCUT2D eigenvalue weighted by molar-refractivity contribution is 0.102. The lowest BCUT2D eigenvalue weighted by Gasteiger charge is -2.10. The summed E-state index contributed by atoms with van der Waals surface area (Å²) in [6, 6.07) is 10.3. The highest BCUT2D eigenvalue weighted by atomic mass is 35.5. The van der Waals surface area contributed by atoms with Gasteiger partial charge in [0.25, 0.3) is 5.91 Å². The van der Waals surface area contributed by atoms with Crippen LogP contribution in [0.1, 0.15) is 21.5 Å². The van der Waals surface area contributed by atoms with Crippen LogP contribution in [0.2, 0.25) is 5.02 Å². The molecule has 0 aliphatic carbocycles. The largest absolute Gasteiger partial charge is 0.507 e. The number of hydrogen-bond donors (Lipinski definition) is 2. The van der Waals surface area contributed by atoms with Crippen LogP contribution in [0, 0.1) is 13.8 Å². The van der Waals surface area contributed by atoms with Gasteiger partial charge in [0, 0.05) is 5.69 Å². The van der Waals surface area contributed by atoms with E-state index in [9.17, 15) is 9.90 Å². The van der Waals surface area contributed by atoms with Crippen LogP contribution in [-0.4, -0.2) is 11.0 Å². The van der Waals surface area contributed by atoms with Gasteiger partial charge >= 0.3 is 0 Å². The second-order valence-corrected chi connectivity index (χ2v) is 4.80. The number of rotatable bonds is 2. The third-order valence-corrected chi connectivity index (χ3v) is 3.20. The molecule has 0 spiro atoms. The van der Waals surface area contributed by atoms with Gasteiger partial charge in [0.1, 0.15) is 5.75 Å². The minimum Gasteiger partial charge on any atom is -0.507 e. The van der Waals surface area contributed by atoms with Gasteiger partial charge < -0.3 is 10.4 Å². The Hall–Kier alpha value is -2.00. The Morgan fingerprint density at radius 3 is 2.32 bits per heavy atom. The first kappa shape index (κ1) is 13.4. The average Bonchev–Trinajstić information content (AvgIpc) is 2.36. The summed E-state index contributed by atoms with van der Waals surface area (Å²) in [5.41, 5.74) is 2.49. The first-order valence-electron chi connectivity index (χ1n) is 5.85. The Morgan fingerprint density at radius 1 is 1.16 bits per heavy atom. The molecule has 0 heterocycles. The zero-order chi connectivity index (χ0) is 14.0. The number of aryl methyl sites for hydroxylation is 2. The first-order chi connectivity index (χ1) is 8.99. The fourth-order valence-electron chi connectivity index (χ4n) is 1.87. The van der Waals surface area contributed by atoms with Crippen molar-refractivity contribution in [3.63, 3.8) is 0 Å². The van der Waals surface area contributed by atoms with Crippen LogP contribution in [-0.2, 0) is 0 Å². The summed E-state index contributed by atoms with van der Waals surface area (Å²) in [5, 5.41) is 12.9. The van der Waals surface area contributed by atoms with Crippen molar-refractivity contribution in [2.24, 2.45) is 0 Å². The Morgan fingerprint density at radius 2 is 1.74 bits per heavy atom. The maximum atomic E-state index is 12.1. The van der Waals surface area contributed by atoms with Crippen molar-refractivity contribution < 1.29 is 9.90 Å². The van der Waals surface area contributed by atoms with Crippen molar-refractivity contribution in [1.82, 2.24) is 0 Å². The number of phenolic OH excluding ortho intramolecular Hbond substituents is 1. The van der Waals surface area contributed by atoms with Crippen molar-refractivity contribution in [3.05, 3.63) is 58.1 Å². The van der Waals surface area contributed by atoms with Crippen LogP contribution in [0.15, 0.2) is 36.4 Å². The van der Waals surface area contributed by atoms with E-state index in [4.69, 9.17) is 11.6 Å². The number of aromatic hydroxyl groups is 1. The normalized spacial score (nSPS) is 10.3. The molecule has 2 aromatic carbocycles. The molecule has 0 atom stereocenters. The summed E-state index contributed by atoms with van der Waals surface area (Å²) >= 11 is 5.97. The molecule has 0 unspecified atom stereocenters. The maximum Gasteiger partial charge on any atom is 0.257 e. The summed E-state index contributed by atoms with van der Waals surface area (Å²) in [7, 11) is 0. The summed E-state index contributed by atoms with van der Waals surface area (Å²) < 4.78 is 0. The zero-order valence-corrected chi connectivity index (χ0v) is 11.5. The van der Waals surface area contributed by atoms with E-state index < -0.39 is 0 Å². The van der Waals surface area contributed by atoms with E-state index in [1.165, 1.54) is 0 Å². The first-order valence-corrected chi connectivity index (χ1v) is 6.23. The maximum absolute atomic E-state index is 12.1. The highest BCUT2D eigenvalue weighted by Gasteiger charge is 2.11. The van der Waals surface area contributed by atoms with E-state index in [1.807, 2.05) is 0 Å². The molecule has 0 saturated heterocycles. The minimum absolute atomic E-state index is 0.246.